The van der Waals surface area contributed by atoms with E-state index in [9.17, 15) is 14.9 Å². The van der Waals surface area contributed by atoms with Crippen molar-refractivity contribution in [2.45, 2.75) is 44.4 Å². The van der Waals surface area contributed by atoms with Gasteiger partial charge in [0.2, 0.25) is 0 Å². The van der Waals surface area contributed by atoms with Crippen molar-refractivity contribution >= 4 is 16.9 Å². The van der Waals surface area contributed by atoms with E-state index >= 15 is 0 Å². The van der Waals surface area contributed by atoms with Crippen molar-refractivity contribution < 1.29 is 52.6 Å². The van der Waals surface area contributed by atoms with Crippen molar-refractivity contribution in [2.24, 2.45) is 0 Å². The quantitative estimate of drug-likeness (QED) is 0.0329. The summed E-state index contributed by atoms with van der Waals surface area (Å²) in [6.07, 6.45) is -0.968. The fraction of sp³-hybridized carbons (Fsp3) is 0.341. The third-order valence-corrected chi connectivity index (χ3v) is 9.71. The van der Waals surface area contributed by atoms with Crippen LogP contribution in [0.15, 0.2) is 109 Å². The van der Waals surface area contributed by atoms with E-state index in [1.165, 1.54) is 0 Å². The van der Waals surface area contributed by atoms with E-state index in [2.05, 4.69) is 10.9 Å². The van der Waals surface area contributed by atoms with Gasteiger partial charge in [-0.1, -0.05) is 66.7 Å². The average molecular weight is 797 g/mol. The number of para-hydroxylation sites is 1. The summed E-state index contributed by atoms with van der Waals surface area (Å²) in [7, 11) is 4.83. The summed E-state index contributed by atoms with van der Waals surface area (Å²) in [5.74, 6) is 2.21. The van der Waals surface area contributed by atoms with Crippen LogP contribution in [0.25, 0.3) is 10.8 Å². The number of rotatable bonds is 20. The number of hydrogen-bond acceptors (Lipinski definition) is 12. The number of nitrogens with zero attached hydrogens (tertiary/aromatic N) is 2. The number of likely N-dealkylation sites (tertiary alicyclic amines) is 1. The molecular formula is C44H48N2O12. The van der Waals surface area contributed by atoms with Crippen molar-refractivity contribution in [3.8, 4) is 23.0 Å². The van der Waals surface area contributed by atoms with Gasteiger partial charge in [-0.2, -0.15) is 0 Å². The Bertz CT molecular complexity index is 2080. The van der Waals surface area contributed by atoms with Crippen LogP contribution in [0.2, 0.25) is 0 Å². The second-order valence-corrected chi connectivity index (χ2v) is 13.6. The highest BCUT2D eigenvalue weighted by molar-refractivity contribution is 5.89. The number of fused-ring (bicyclic) bond motifs is 1. The summed E-state index contributed by atoms with van der Waals surface area (Å²) in [5, 5.41) is 11.7. The normalized spacial score (nSPS) is 16.5. The highest BCUT2D eigenvalue weighted by Gasteiger charge is 2.42. The number of methoxy groups -OCH3 is 3. The molecule has 14 nitrogen and oxygen atoms in total. The summed E-state index contributed by atoms with van der Waals surface area (Å²) in [6.45, 7) is 1.85. The molecule has 0 bridgehead atoms. The van der Waals surface area contributed by atoms with Gasteiger partial charge in [-0.3, -0.25) is 0 Å². The van der Waals surface area contributed by atoms with E-state index in [-0.39, 0.29) is 44.8 Å². The Morgan fingerprint density at radius 1 is 0.741 bits per heavy atom. The molecule has 5 aromatic carbocycles. The Morgan fingerprint density at radius 3 is 2.19 bits per heavy atom. The lowest BCUT2D eigenvalue weighted by Gasteiger charge is -2.43. The number of ether oxygens (including phenoxy) is 8. The molecule has 0 saturated carbocycles. The summed E-state index contributed by atoms with van der Waals surface area (Å²) in [6, 6.07) is 33.9. The zero-order valence-corrected chi connectivity index (χ0v) is 32.8. The molecule has 3 atom stereocenters. The van der Waals surface area contributed by atoms with Crippen LogP contribution in [0, 0.1) is 10.1 Å². The van der Waals surface area contributed by atoms with Crippen LogP contribution in [-0.4, -0.2) is 82.7 Å². The van der Waals surface area contributed by atoms with Gasteiger partial charge in [0.15, 0.2) is 0 Å². The standard InChI is InChI=1S/C44H48N2O12/c1-50-30-56-42-26-45(44(47)58-37-17-13-31(14-18-37)28-57-46(48)49)25-41(55-27-32-23-34-9-4-6-11-38(34)40(24-32)52-3)43(42)33-15-19-36(20-16-33)54-22-8-21-53-29-35-10-5-7-12-39(35)51-2/h4-7,9-20,23-24,41-43H,8,21-22,25-30H2,1-3H3. The molecule has 1 fully saturated rings. The first kappa shape index (κ1) is 41.7. The van der Waals surface area contributed by atoms with Gasteiger partial charge in [0.25, 0.3) is 5.09 Å². The SMILES string of the molecule is COCOC1CN(C(=O)Oc2ccc(CO[N+](=O)[O-])cc2)CC(OCc2cc(OC)c3ccccc3c2)C1c1ccc(OCCCOCc2ccccc2OC)cc1. The average Bonchev–Trinajstić information content (AvgIpc) is 3.25. The second-order valence-electron chi connectivity index (χ2n) is 13.6. The molecule has 1 aliphatic rings. The molecule has 14 heteroatoms. The molecule has 0 spiro atoms. The van der Waals surface area contributed by atoms with Crippen LogP contribution in [0.4, 0.5) is 4.79 Å². The number of benzene rings is 5. The maximum absolute atomic E-state index is 13.7. The van der Waals surface area contributed by atoms with Crippen molar-refractivity contribution in [3.05, 3.63) is 142 Å². The van der Waals surface area contributed by atoms with Gasteiger partial charge >= 0.3 is 6.09 Å². The first-order valence-corrected chi connectivity index (χ1v) is 18.9. The molecular weight excluding hydrogens is 748 g/mol. The minimum Gasteiger partial charge on any atom is -0.496 e. The van der Waals surface area contributed by atoms with Crippen molar-refractivity contribution in [1.82, 2.24) is 4.90 Å². The van der Waals surface area contributed by atoms with Crippen LogP contribution in [0.3, 0.4) is 0 Å². The fourth-order valence-electron chi connectivity index (χ4n) is 6.90. The molecule has 1 amide bonds. The highest BCUT2D eigenvalue weighted by Crippen LogP contribution is 2.36. The van der Waals surface area contributed by atoms with E-state index in [1.54, 1.807) is 50.5 Å². The van der Waals surface area contributed by atoms with Crippen LogP contribution >= 0.6 is 0 Å². The predicted octanol–water partition coefficient (Wildman–Crippen LogP) is 7.72. The van der Waals surface area contributed by atoms with Crippen LogP contribution in [0.5, 0.6) is 23.0 Å². The minimum atomic E-state index is -0.860. The van der Waals surface area contributed by atoms with Crippen molar-refractivity contribution in [1.29, 1.82) is 0 Å². The largest absolute Gasteiger partial charge is 0.496 e. The Hall–Kier alpha value is -5.93. The van der Waals surface area contributed by atoms with Crippen LogP contribution < -0.4 is 18.9 Å². The first-order valence-electron chi connectivity index (χ1n) is 18.9. The summed E-state index contributed by atoms with van der Waals surface area (Å²) >= 11 is 0. The van der Waals surface area contributed by atoms with Crippen LogP contribution in [0.1, 0.15) is 34.6 Å². The molecule has 3 unspecified atom stereocenters. The number of hydrogen-bond donors (Lipinski definition) is 0. The van der Waals surface area contributed by atoms with Gasteiger partial charge in [-0.05, 0) is 64.5 Å². The van der Waals surface area contributed by atoms with E-state index < -0.39 is 23.4 Å². The highest BCUT2D eigenvalue weighted by atomic mass is 16.9. The number of piperidine rings is 1. The smallest absolute Gasteiger partial charge is 0.415 e. The molecule has 1 saturated heterocycles. The Labute approximate surface area is 337 Å². The van der Waals surface area contributed by atoms with Crippen molar-refractivity contribution in [2.75, 3.05) is 54.4 Å². The second kappa shape index (κ2) is 21.0. The van der Waals surface area contributed by atoms with E-state index in [0.717, 1.165) is 39.0 Å². The topological polar surface area (TPSA) is 147 Å². The lowest BCUT2D eigenvalue weighted by molar-refractivity contribution is -0.763. The van der Waals surface area contributed by atoms with Gasteiger partial charge in [0, 0.05) is 30.4 Å². The molecule has 306 valence electrons. The van der Waals surface area contributed by atoms with Gasteiger partial charge in [-0.15, -0.1) is 10.1 Å². The molecule has 1 heterocycles. The van der Waals surface area contributed by atoms with Crippen molar-refractivity contribution in [3.63, 3.8) is 0 Å². The van der Waals surface area contributed by atoms with Gasteiger partial charge in [0.1, 0.15) is 36.4 Å². The maximum Gasteiger partial charge on any atom is 0.415 e. The van der Waals surface area contributed by atoms with Gasteiger partial charge in [0.05, 0.1) is 65.9 Å². The van der Waals surface area contributed by atoms with E-state index in [4.69, 9.17) is 37.9 Å². The molecule has 0 aromatic heterocycles. The molecule has 5 aromatic rings. The van der Waals surface area contributed by atoms with E-state index in [0.29, 0.717) is 37.6 Å². The molecule has 58 heavy (non-hydrogen) atoms. The monoisotopic (exact) mass is 796 g/mol. The molecule has 0 N–H and O–H groups in total. The van der Waals surface area contributed by atoms with Gasteiger partial charge in [-0.25, -0.2) is 4.79 Å². The number of carbonyl (C=O) groups is 1. The lowest BCUT2D eigenvalue weighted by atomic mass is 9.84. The molecule has 1 aliphatic heterocycles. The Balaban J connectivity index is 1.16. The van der Waals surface area contributed by atoms with Gasteiger partial charge < -0.3 is 47.6 Å². The molecule has 0 aliphatic carbocycles. The summed E-state index contributed by atoms with van der Waals surface area (Å²) in [4.78, 5) is 30.3. The first-order chi connectivity index (χ1) is 28.3. The zero-order chi connectivity index (χ0) is 40.7. The summed E-state index contributed by atoms with van der Waals surface area (Å²) in [5.41, 5.74) is 3.39. The zero-order valence-electron chi connectivity index (χ0n) is 32.8. The predicted molar refractivity (Wildman–Crippen MR) is 214 cm³/mol. The molecule has 0 radical (unpaired) electrons. The van der Waals surface area contributed by atoms with E-state index in [1.807, 2.05) is 78.9 Å². The minimum absolute atomic E-state index is 0.00729. The summed E-state index contributed by atoms with van der Waals surface area (Å²) < 4.78 is 47.1. The Kier molecular flexibility index (Phi) is 15.1. The van der Waals surface area contributed by atoms with Crippen LogP contribution in [-0.2, 0) is 43.6 Å². The Morgan fingerprint density at radius 2 is 1.45 bits per heavy atom. The maximum atomic E-state index is 13.7. The third kappa shape index (κ3) is 11.3. The number of amides is 1. The molecule has 6 rings (SSSR count). The third-order valence-electron chi connectivity index (χ3n) is 9.71. The fourth-order valence-corrected chi connectivity index (χ4v) is 6.90. The number of carbonyl (C=O) groups excluding carboxylic acids is 1. The lowest BCUT2D eigenvalue weighted by Crippen LogP contribution is -2.55.